The third-order valence-corrected chi connectivity index (χ3v) is 3.73. The number of nitrogens with one attached hydrogen (secondary N) is 1. The van der Waals surface area contributed by atoms with Crippen molar-refractivity contribution in [1.29, 1.82) is 0 Å². The normalized spacial score (nSPS) is 10.2. The van der Waals surface area contributed by atoms with Gasteiger partial charge in [0.05, 0.1) is 14.2 Å². The van der Waals surface area contributed by atoms with Crippen molar-refractivity contribution in [2.75, 3.05) is 19.5 Å². The molecule has 0 aliphatic carbocycles. The van der Waals surface area contributed by atoms with Crippen LogP contribution in [0.15, 0.2) is 40.9 Å². The molecule has 1 N–H and O–H groups in total. The highest BCUT2D eigenvalue weighted by atomic mass is 79.9. The van der Waals surface area contributed by atoms with Crippen molar-refractivity contribution >= 4 is 21.6 Å². The SMILES string of the molecule is COc1cccc(CNc2ccc(C)cc2Br)c1OC. The fourth-order valence-corrected chi connectivity index (χ4v) is 2.68. The predicted molar refractivity (Wildman–Crippen MR) is 85.8 cm³/mol. The minimum absolute atomic E-state index is 0.669. The van der Waals surface area contributed by atoms with Crippen LogP contribution in [0.1, 0.15) is 11.1 Å². The lowest BCUT2D eigenvalue weighted by atomic mass is 10.1. The molecule has 0 atom stereocenters. The second-order valence-electron chi connectivity index (χ2n) is 4.49. The lowest BCUT2D eigenvalue weighted by Crippen LogP contribution is -2.03. The van der Waals surface area contributed by atoms with Crippen molar-refractivity contribution in [2.24, 2.45) is 0 Å². The van der Waals surface area contributed by atoms with Crippen molar-refractivity contribution < 1.29 is 9.47 Å². The average Bonchev–Trinajstić information content (AvgIpc) is 2.45. The van der Waals surface area contributed by atoms with Gasteiger partial charge in [0, 0.05) is 22.3 Å². The van der Waals surface area contributed by atoms with Gasteiger partial charge < -0.3 is 14.8 Å². The number of rotatable bonds is 5. The summed E-state index contributed by atoms with van der Waals surface area (Å²) in [6, 6.07) is 12.1. The molecular formula is C16H18BrNO2. The number of benzene rings is 2. The van der Waals surface area contributed by atoms with Crippen LogP contribution in [0.25, 0.3) is 0 Å². The smallest absolute Gasteiger partial charge is 0.165 e. The highest BCUT2D eigenvalue weighted by Crippen LogP contribution is 2.32. The van der Waals surface area contributed by atoms with E-state index in [1.54, 1.807) is 14.2 Å². The van der Waals surface area contributed by atoms with Gasteiger partial charge in [-0.05, 0) is 46.6 Å². The third-order valence-electron chi connectivity index (χ3n) is 3.08. The van der Waals surface area contributed by atoms with E-state index >= 15 is 0 Å². The van der Waals surface area contributed by atoms with Gasteiger partial charge in [-0.2, -0.15) is 0 Å². The summed E-state index contributed by atoms with van der Waals surface area (Å²) in [4.78, 5) is 0. The Balaban J connectivity index is 2.18. The fraction of sp³-hybridized carbons (Fsp3) is 0.250. The summed E-state index contributed by atoms with van der Waals surface area (Å²) in [6.07, 6.45) is 0. The van der Waals surface area contributed by atoms with Crippen LogP contribution in [0.2, 0.25) is 0 Å². The van der Waals surface area contributed by atoms with E-state index in [0.717, 1.165) is 27.2 Å². The highest BCUT2D eigenvalue weighted by molar-refractivity contribution is 9.10. The van der Waals surface area contributed by atoms with Crippen LogP contribution in [0, 0.1) is 6.92 Å². The molecule has 0 amide bonds. The van der Waals surface area contributed by atoms with Crippen molar-refractivity contribution in [3.05, 3.63) is 52.0 Å². The summed E-state index contributed by atoms with van der Waals surface area (Å²) >= 11 is 3.57. The zero-order chi connectivity index (χ0) is 14.5. The summed E-state index contributed by atoms with van der Waals surface area (Å²) in [6.45, 7) is 2.74. The summed E-state index contributed by atoms with van der Waals surface area (Å²) < 4.78 is 11.8. The van der Waals surface area contributed by atoms with Crippen LogP contribution in [0.3, 0.4) is 0 Å². The fourth-order valence-electron chi connectivity index (χ4n) is 2.05. The Bertz CT molecular complexity index is 599. The first-order valence-electron chi connectivity index (χ1n) is 6.35. The molecule has 20 heavy (non-hydrogen) atoms. The molecule has 3 nitrogen and oxygen atoms in total. The molecule has 2 aromatic carbocycles. The highest BCUT2D eigenvalue weighted by Gasteiger charge is 2.09. The lowest BCUT2D eigenvalue weighted by molar-refractivity contribution is 0.352. The second kappa shape index (κ2) is 6.66. The van der Waals surface area contributed by atoms with Gasteiger partial charge in [0.1, 0.15) is 0 Å². The van der Waals surface area contributed by atoms with Crippen LogP contribution in [0.4, 0.5) is 5.69 Å². The molecule has 2 aromatic rings. The number of aryl methyl sites for hydroxylation is 1. The van der Waals surface area contributed by atoms with Crippen molar-refractivity contribution in [2.45, 2.75) is 13.5 Å². The molecule has 0 aliphatic heterocycles. The second-order valence-corrected chi connectivity index (χ2v) is 5.34. The van der Waals surface area contributed by atoms with E-state index in [-0.39, 0.29) is 0 Å². The van der Waals surface area contributed by atoms with Crippen LogP contribution in [0.5, 0.6) is 11.5 Å². The molecule has 0 fully saturated rings. The predicted octanol–water partition coefficient (Wildman–Crippen LogP) is 4.39. The Hall–Kier alpha value is -1.68. The van der Waals surface area contributed by atoms with Crippen molar-refractivity contribution in [3.8, 4) is 11.5 Å². The number of methoxy groups -OCH3 is 2. The molecule has 0 unspecified atom stereocenters. The number of para-hydroxylation sites is 1. The van der Waals surface area contributed by atoms with Crippen LogP contribution in [-0.4, -0.2) is 14.2 Å². The Morgan fingerprint density at radius 3 is 2.55 bits per heavy atom. The number of hydrogen-bond acceptors (Lipinski definition) is 3. The van der Waals surface area contributed by atoms with E-state index in [4.69, 9.17) is 9.47 Å². The summed E-state index contributed by atoms with van der Waals surface area (Å²) in [7, 11) is 3.30. The quantitative estimate of drug-likeness (QED) is 0.879. The first kappa shape index (κ1) is 14.7. The monoisotopic (exact) mass is 335 g/mol. The number of ether oxygens (including phenoxy) is 2. The minimum Gasteiger partial charge on any atom is -0.493 e. The zero-order valence-electron chi connectivity index (χ0n) is 11.9. The topological polar surface area (TPSA) is 30.5 Å². The largest absolute Gasteiger partial charge is 0.493 e. The van der Waals surface area contributed by atoms with Crippen LogP contribution < -0.4 is 14.8 Å². The van der Waals surface area contributed by atoms with E-state index in [2.05, 4.69) is 46.4 Å². The summed E-state index contributed by atoms with van der Waals surface area (Å²) in [5.74, 6) is 1.51. The van der Waals surface area contributed by atoms with Crippen molar-refractivity contribution in [3.63, 3.8) is 0 Å². The molecule has 0 aliphatic rings. The molecule has 0 aromatic heterocycles. The average molecular weight is 336 g/mol. The molecule has 0 heterocycles. The molecular weight excluding hydrogens is 318 g/mol. The maximum Gasteiger partial charge on any atom is 0.165 e. The molecule has 2 rings (SSSR count). The summed E-state index contributed by atoms with van der Waals surface area (Å²) in [5.41, 5.74) is 3.33. The van der Waals surface area contributed by atoms with Gasteiger partial charge in [-0.25, -0.2) is 0 Å². The van der Waals surface area contributed by atoms with Gasteiger partial charge in [-0.3, -0.25) is 0 Å². The molecule has 0 spiro atoms. The van der Waals surface area contributed by atoms with Gasteiger partial charge in [0.15, 0.2) is 11.5 Å². The Labute approximate surface area is 128 Å². The Kier molecular flexibility index (Phi) is 4.90. The zero-order valence-corrected chi connectivity index (χ0v) is 13.5. The van der Waals surface area contributed by atoms with E-state index < -0.39 is 0 Å². The molecule has 0 bridgehead atoms. The first-order valence-corrected chi connectivity index (χ1v) is 7.15. The van der Waals surface area contributed by atoms with Crippen molar-refractivity contribution in [1.82, 2.24) is 0 Å². The van der Waals surface area contributed by atoms with Gasteiger partial charge in [0.25, 0.3) is 0 Å². The summed E-state index contributed by atoms with van der Waals surface area (Å²) in [5, 5.41) is 3.40. The molecule has 106 valence electrons. The Morgan fingerprint density at radius 1 is 1.10 bits per heavy atom. The number of halogens is 1. The number of hydrogen-bond donors (Lipinski definition) is 1. The molecule has 4 heteroatoms. The van der Waals surface area contributed by atoms with E-state index in [0.29, 0.717) is 6.54 Å². The number of anilines is 1. The van der Waals surface area contributed by atoms with Gasteiger partial charge >= 0.3 is 0 Å². The maximum atomic E-state index is 5.43. The Morgan fingerprint density at radius 2 is 1.90 bits per heavy atom. The standard InChI is InChI=1S/C16H18BrNO2/c1-11-7-8-14(13(17)9-11)18-10-12-5-4-6-15(19-2)16(12)20-3/h4-9,18H,10H2,1-3H3. The minimum atomic E-state index is 0.669. The van der Waals surface area contributed by atoms with Crippen LogP contribution >= 0.6 is 15.9 Å². The van der Waals surface area contributed by atoms with E-state index in [1.165, 1.54) is 5.56 Å². The molecule has 0 radical (unpaired) electrons. The van der Waals surface area contributed by atoms with Crippen LogP contribution in [-0.2, 0) is 6.54 Å². The lowest BCUT2D eigenvalue weighted by Gasteiger charge is -2.14. The molecule has 0 saturated carbocycles. The van der Waals surface area contributed by atoms with E-state index in [1.807, 2.05) is 18.2 Å². The molecule has 0 saturated heterocycles. The van der Waals surface area contributed by atoms with E-state index in [9.17, 15) is 0 Å². The van der Waals surface area contributed by atoms with Gasteiger partial charge in [0.2, 0.25) is 0 Å². The van der Waals surface area contributed by atoms with Gasteiger partial charge in [-0.15, -0.1) is 0 Å². The van der Waals surface area contributed by atoms with Gasteiger partial charge in [-0.1, -0.05) is 18.2 Å². The third kappa shape index (κ3) is 3.25. The maximum absolute atomic E-state index is 5.43. The first-order chi connectivity index (χ1) is 9.65.